The monoisotopic (exact) mass is 530 g/mol. The van der Waals surface area contributed by atoms with Crippen molar-refractivity contribution in [3.05, 3.63) is 130 Å². The minimum atomic E-state index is -0.241. The Morgan fingerprint density at radius 1 is 0.600 bits per heavy atom. The molecule has 8 heteroatoms. The Morgan fingerprint density at radius 3 is 1.38 bits per heavy atom. The lowest BCUT2D eigenvalue weighted by Crippen LogP contribution is -2.22. The van der Waals surface area contributed by atoms with Crippen LogP contribution in [0.4, 0.5) is 0 Å². The Kier molecular flexibility index (Phi) is 9.47. The number of nitrogens with one attached hydrogen (secondary N) is 2. The third-order valence-corrected chi connectivity index (χ3v) is 5.88. The minimum Gasteiger partial charge on any atom is -0.490 e. The first kappa shape index (κ1) is 27.4. The molecule has 198 valence electrons. The molecule has 0 aliphatic rings. The molecule has 0 unspecified atom stereocenters. The summed E-state index contributed by atoms with van der Waals surface area (Å²) in [6, 6.07) is 32.0. The molecule has 0 saturated heterocycles. The van der Waals surface area contributed by atoms with Crippen LogP contribution in [-0.4, -0.2) is 25.0 Å². The molecule has 2 amide bonds. The zero-order valence-electron chi connectivity index (χ0n) is 21.6. The maximum Gasteiger partial charge on any atom is 0.251 e. The molecule has 0 spiro atoms. The largest absolute Gasteiger partial charge is 0.490 e. The van der Waals surface area contributed by atoms with Crippen molar-refractivity contribution >= 4 is 11.8 Å². The Balaban J connectivity index is 1.15. The lowest BCUT2D eigenvalue weighted by molar-refractivity contribution is 0.0943. The smallest absolute Gasteiger partial charge is 0.251 e. The number of carbonyl (C=O) groups excluding carboxylic acids is 2. The minimum absolute atomic E-state index is 0.241. The van der Waals surface area contributed by atoms with Gasteiger partial charge in [-0.15, -0.1) is 0 Å². The summed E-state index contributed by atoms with van der Waals surface area (Å²) in [7, 11) is 0. The second kappa shape index (κ2) is 13.8. The number of carbonyl (C=O) groups is 2. The van der Waals surface area contributed by atoms with Gasteiger partial charge < -0.3 is 20.1 Å². The van der Waals surface area contributed by atoms with Gasteiger partial charge in [0.15, 0.2) is 0 Å². The highest BCUT2D eigenvalue weighted by Gasteiger charge is 2.08. The Bertz CT molecular complexity index is 1430. The number of nitrogens with zero attached hydrogens (tertiary/aromatic N) is 2. The molecule has 0 atom stereocenters. The van der Waals surface area contributed by atoms with Crippen LogP contribution in [0, 0.1) is 22.7 Å². The van der Waals surface area contributed by atoms with E-state index in [4.69, 9.17) is 20.0 Å². The molecule has 0 aliphatic carbocycles. The molecular weight excluding hydrogens is 504 g/mol. The summed E-state index contributed by atoms with van der Waals surface area (Å²) in [4.78, 5) is 24.6. The standard InChI is InChI=1S/C32H26N4O4/c33-19-25-3-1-5-27(17-25)31(37)35-21-23-7-11-29(12-8-23)39-15-16-40-30-13-9-24(10-14-30)22-36-32(38)28-6-2-4-26(18-28)20-34/h1-14,17-18H,15-16,21-22H2,(H,35,37)(H,36,38). The zero-order chi connectivity index (χ0) is 28.2. The molecule has 4 aromatic carbocycles. The van der Waals surface area contributed by atoms with Crippen molar-refractivity contribution in [3.63, 3.8) is 0 Å². The van der Waals surface area contributed by atoms with Crippen LogP contribution in [0.1, 0.15) is 43.0 Å². The van der Waals surface area contributed by atoms with E-state index in [9.17, 15) is 9.59 Å². The van der Waals surface area contributed by atoms with Crippen molar-refractivity contribution in [1.29, 1.82) is 10.5 Å². The van der Waals surface area contributed by atoms with Crippen molar-refractivity contribution in [2.24, 2.45) is 0 Å². The van der Waals surface area contributed by atoms with Crippen LogP contribution in [0.15, 0.2) is 97.1 Å². The van der Waals surface area contributed by atoms with E-state index >= 15 is 0 Å². The van der Waals surface area contributed by atoms with Crippen LogP contribution in [0.25, 0.3) is 0 Å². The summed E-state index contributed by atoms with van der Waals surface area (Å²) in [5, 5.41) is 23.6. The average Bonchev–Trinajstić information content (AvgIpc) is 3.02. The van der Waals surface area contributed by atoms with Gasteiger partial charge in [0, 0.05) is 24.2 Å². The summed E-state index contributed by atoms with van der Waals surface area (Å²) in [6.45, 7) is 1.41. The Labute approximate surface area is 232 Å². The van der Waals surface area contributed by atoms with Crippen LogP contribution in [0.2, 0.25) is 0 Å². The third kappa shape index (κ3) is 7.95. The second-order valence-corrected chi connectivity index (χ2v) is 8.74. The number of amides is 2. The average molecular weight is 531 g/mol. The van der Waals surface area contributed by atoms with Crippen molar-refractivity contribution < 1.29 is 19.1 Å². The first-order chi connectivity index (χ1) is 19.5. The quantitative estimate of drug-likeness (QED) is 0.270. The molecule has 0 fully saturated rings. The predicted octanol–water partition coefficient (Wildman–Crippen LogP) is 4.75. The number of hydrogen-bond acceptors (Lipinski definition) is 6. The van der Waals surface area contributed by atoms with Gasteiger partial charge in [0.2, 0.25) is 0 Å². The van der Waals surface area contributed by atoms with Crippen LogP contribution in [-0.2, 0) is 13.1 Å². The van der Waals surface area contributed by atoms with E-state index in [1.54, 1.807) is 48.5 Å². The van der Waals surface area contributed by atoms with Gasteiger partial charge in [-0.2, -0.15) is 10.5 Å². The molecule has 8 nitrogen and oxygen atoms in total. The normalized spacial score (nSPS) is 10.1. The molecule has 2 N–H and O–H groups in total. The molecule has 4 rings (SSSR count). The van der Waals surface area contributed by atoms with E-state index in [0.29, 0.717) is 60.1 Å². The molecule has 4 aromatic rings. The summed E-state index contributed by atoms with van der Waals surface area (Å²) in [6.07, 6.45) is 0. The number of nitriles is 2. The maximum absolute atomic E-state index is 12.3. The van der Waals surface area contributed by atoms with E-state index in [2.05, 4.69) is 10.6 Å². The Morgan fingerprint density at radius 2 is 1.00 bits per heavy atom. The summed E-state index contributed by atoms with van der Waals surface area (Å²) < 4.78 is 11.5. The van der Waals surface area contributed by atoms with E-state index in [1.165, 1.54) is 0 Å². The highest BCUT2D eigenvalue weighted by Crippen LogP contribution is 2.15. The first-order valence-electron chi connectivity index (χ1n) is 12.5. The fourth-order valence-corrected chi connectivity index (χ4v) is 3.75. The van der Waals surface area contributed by atoms with Crippen LogP contribution in [0.3, 0.4) is 0 Å². The third-order valence-electron chi connectivity index (χ3n) is 5.88. The summed E-state index contributed by atoms with van der Waals surface area (Å²) >= 11 is 0. The first-order valence-corrected chi connectivity index (χ1v) is 12.5. The lowest BCUT2D eigenvalue weighted by atomic mass is 10.1. The fourth-order valence-electron chi connectivity index (χ4n) is 3.75. The van der Waals surface area contributed by atoms with E-state index in [-0.39, 0.29) is 11.8 Å². The molecule has 0 heterocycles. The van der Waals surface area contributed by atoms with E-state index in [0.717, 1.165) is 11.1 Å². The number of benzene rings is 4. The molecule has 0 aliphatic heterocycles. The molecule has 0 radical (unpaired) electrons. The van der Waals surface area contributed by atoms with Gasteiger partial charge >= 0.3 is 0 Å². The molecule has 0 bridgehead atoms. The van der Waals surface area contributed by atoms with Crippen molar-refractivity contribution in [2.45, 2.75) is 13.1 Å². The van der Waals surface area contributed by atoms with Gasteiger partial charge in [-0.1, -0.05) is 36.4 Å². The molecule has 0 aromatic heterocycles. The SMILES string of the molecule is N#Cc1cccc(C(=O)NCc2ccc(OCCOc3ccc(CNC(=O)c4cccc(C#N)c4)cc3)cc2)c1. The number of ether oxygens (including phenoxy) is 2. The van der Waals surface area contributed by atoms with Gasteiger partial charge in [0.25, 0.3) is 11.8 Å². The summed E-state index contributed by atoms with van der Waals surface area (Å²) in [5.74, 6) is 0.892. The maximum atomic E-state index is 12.3. The van der Waals surface area contributed by atoms with E-state index in [1.807, 2.05) is 60.7 Å². The Hall–Kier alpha value is -5.60. The van der Waals surface area contributed by atoms with Gasteiger partial charge in [0.05, 0.1) is 23.3 Å². The van der Waals surface area contributed by atoms with Crippen molar-refractivity contribution in [3.8, 4) is 23.6 Å². The van der Waals surface area contributed by atoms with Crippen molar-refractivity contribution in [1.82, 2.24) is 10.6 Å². The van der Waals surface area contributed by atoms with Crippen LogP contribution in [0.5, 0.6) is 11.5 Å². The zero-order valence-corrected chi connectivity index (χ0v) is 21.6. The predicted molar refractivity (Wildman–Crippen MR) is 149 cm³/mol. The lowest BCUT2D eigenvalue weighted by Gasteiger charge is -2.10. The van der Waals surface area contributed by atoms with Gasteiger partial charge in [-0.05, 0) is 71.8 Å². The number of rotatable bonds is 11. The highest BCUT2D eigenvalue weighted by atomic mass is 16.5. The molecule has 40 heavy (non-hydrogen) atoms. The summed E-state index contributed by atoms with van der Waals surface area (Å²) in [5.41, 5.74) is 3.60. The molecule has 0 saturated carbocycles. The van der Waals surface area contributed by atoms with E-state index < -0.39 is 0 Å². The van der Waals surface area contributed by atoms with Crippen LogP contribution < -0.4 is 20.1 Å². The highest BCUT2D eigenvalue weighted by molar-refractivity contribution is 5.95. The second-order valence-electron chi connectivity index (χ2n) is 8.74. The van der Waals surface area contributed by atoms with Gasteiger partial charge in [-0.3, -0.25) is 9.59 Å². The van der Waals surface area contributed by atoms with Gasteiger partial charge in [0.1, 0.15) is 24.7 Å². The van der Waals surface area contributed by atoms with Crippen LogP contribution >= 0.6 is 0 Å². The van der Waals surface area contributed by atoms with Crippen molar-refractivity contribution in [2.75, 3.05) is 13.2 Å². The molecular formula is C32H26N4O4. The fraction of sp³-hybridized carbons (Fsp3) is 0.125. The topological polar surface area (TPSA) is 124 Å². The number of hydrogen-bond donors (Lipinski definition) is 2. The van der Waals surface area contributed by atoms with Gasteiger partial charge in [-0.25, -0.2) is 0 Å².